The van der Waals surface area contributed by atoms with Crippen molar-refractivity contribution >= 4 is 52.5 Å². The van der Waals surface area contributed by atoms with Crippen molar-refractivity contribution in [3.8, 4) is 0 Å². The van der Waals surface area contributed by atoms with Gasteiger partial charge >= 0.3 is 0 Å². The number of anilines is 6. The average Bonchev–Trinajstić information content (AvgIpc) is 2.79. The van der Waals surface area contributed by atoms with Crippen LogP contribution in [0, 0.1) is 0 Å². The largest absolute Gasteiger partial charge is 0.481 e. The molecule has 0 aliphatic heterocycles. The van der Waals surface area contributed by atoms with Crippen LogP contribution in [-0.2, 0) is 4.79 Å². The number of hydrogen-bond donors (Lipinski definition) is 5. The maximum atomic E-state index is 9.00. The van der Waals surface area contributed by atoms with E-state index in [-0.39, 0.29) is 12.4 Å². The fraction of sp³-hybridized carbons (Fsp3) is 0.0385. The number of nitrogens with two attached hydrogens (primary N) is 2. The van der Waals surface area contributed by atoms with Crippen LogP contribution in [0.5, 0.6) is 0 Å². The Kier molecular flexibility index (Phi) is 12.0. The number of hydrogen-bond acceptors (Lipinski definition) is 5. The van der Waals surface area contributed by atoms with Gasteiger partial charge in [-0.2, -0.15) is 0 Å². The Balaban J connectivity index is 0.000000278. The van der Waals surface area contributed by atoms with Gasteiger partial charge in [-0.25, -0.2) is 0 Å². The fourth-order valence-corrected chi connectivity index (χ4v) is 2.51. The van der Waals surface area contributed by atoms with Gasteiger partial charge < -0.3 is 27.2 Å². The minimum Gasteiger partial charge on any atom is -0.481 e. The molecule has 4 aromatic rings. The third-order valence-corrected chi connectivity index (χ3v) is 3.95. The van der Waals surface area contributed by atoms with Crippen LogP contribution in [0.2, 0.25) is 0 Å². The van der Waals surface area contributed by atoms with Crippen LogP contribution in [0.4, 0.5) is 34.1 Å². The maximum absolute atomic E-state index is 9.00. The second-order valence-electron chi connectivity index (χ2n) is 6.75. The minimum atomic E-state index is -0.833. The highest BCUT2D eigenvalue weighted by Gasteiger charge is 1.93. The van der Waals surface area contributed by atoms with Crippen molar-refractivity contribution in [2.24, 2.45) is 0 Å². The molecule has 7 N–H and O–H groups in total. The number of carboxylic acid groups (broad SMARTS) is 1. The number of carboxylic acids is 1. The summed E-state index contributed by atoms with van der Waals surface area (Å²) in [7, 11) is 0. The molecule has 4 aromatic carbocycles. The summed E-state index contributed by atoms with van der Waals surface area (Å²) in [5, 5.41) is 14.0. The van der Waals surface area contributed by atoms with Crippen LogP contribution in [0.1, 0.15) is 6.92 Å². The van der Waals surface area contributed by atoms with Gasteiger partial charge in [0, 0.05) is 41.0 Å². The summed E-state index contributed by atoms with van der Waals surface area (Å²) in [5.41, 5.74) is 17.0. The van der Waals surface area contributed by atoms with E-state index in [9.17, 15) is 0 Å². The first-order valence-electron chi connectivity index (χ1n) is 9.97. The average molecular weight is 465 g/mol. The molecule has 0 spiro atoms. The van der Waals surface area contributed by atoms with Gasteiger partial charge in [0.05, 0.1) is 0 Å². The zero-order valence-electron chi connectivity index (χ0n) is 18.3. The van der Waals surface area contributed by atoms with Gasteiger partial charge in [-0.3, -0.25) is 4.79 Å². The van der Waals surface area contributed by atoms with Crippen LogP contribution >= 0.6 is 12.4 Å². The van der Waals surface area contributed by atoms with Crippen LogP contribution in [0.3, 0.4) is 0 Å². The SMILES string of the molecule is CC(=O)O.Cl.Nc1ccc(Nc2ccccc2)cc1.Nc1ccc(Nc2ccccc2)cc1. The molecule has 0 amide bonds. The van der Waals surface area contributed by atoms with Crippen molar-refractivity contribution in [2.45, 2.75) is 6.92 Å². The van der Waals surface area contributed by atoms with Crippen molar-refractivity contribution < 1.29 is 9.90 Å². The summed E-state index contributed by atoms with van der Waals surface area (Å²) in [6, 6.07) is 35.4. The standard InChI is InChI=1S/2C12H12N2.C2H4O2.ClH/c2*13-10-6-8-12(9-7-10)14-11-4-2-1-3-5-11;1-2(3)4;/h2*1-9,14H,13H2;1H3,(H,3,4);1H. The van der Waals surface area contributed by atoms with Gasteiger partial charge in [0.15, 0.2) is 0 Å². The van der Waals surface area contributed by atoms with Crippen molar-refractivity contribution in [2.75, 3.05) is 22.1 Å². The molecule has 0 aromatic heterocycles. The lowest BCUT2D eigenvalue weighted by Gasteiger charge is -2.05. The van der Waals surface area contributed by atoms with Gasteiger partial charge in [-0.15, -0.1) is 12.4 Å². The number of nitrogen functional groups attached to an aromatic ring is 2. The lowest BCUT2D eigenvalue weighted by molar-refractivity contribution is -0.134. The topological polar surface area (TPSA) is 113 Å². The Morgan fingerprint density at radius 3 is 1.09 bits per heavy atom. The van der Waals surface area contributed by atoms with Crippen molar-refractivity contribution in [3.05, 3.63) is 109 Å². The number of para-hydroxylation sites is 2. The van der Waals surface area contributed by atoms with Gasteiger partial charge in [-0.1, -0.05) is 36.4 Å². The number of benzene rings is 4. The number of nitrogens with one attached hydrogen (secondary N) is 2. The van der Waals surface area contributed by atoms with E-state index in [0.29, 0.717) is 0 Å². The first-order chi connectivity index (χ1) is 15.4. The van der Waals surface area contributed by atoms with Crippen LogP contribution < -0.4 is 22.1 Å². The molecule has 0 saturated heterocycles. The van der Waals surface area contributed by atoms with Gasteiger partial charge in [-0.05, 0) is 72.8 Å². The van der Waals surface area contributed by atoms with Crippen molar-refractivity contribution in [1.82, 2.24) is 0 Å². The lowest BCUT2D eigenvalue weighted by atomic mass is 10.2. The van der Waals surface area contributed by atoms with E-state index >= 15 is 0 Å². The van der Waals surface area contributed by atoms with E-state index in [2.05, 4.69) is 10.6 Å². The molecule has 0 fully saturated rings. The van der Waals surface area contributed by atoms with Crippen molar-refractivity contribution in [1.29, 1.82) is 0 Å². The molecule has 0 atom stereocenters. The number of halogens is 1. The second kappa shape index (κ2) is 14.8. The van der Waals surface area contributed by atoms with E-state index in [1.807, 2.05) is 109 Å². The van der Waals surface area contributed by atoms with Crippen molar-refractivity contribution in [3.63, 3.8) is 0 Å². The molecule has 0 saturated carbocycles. The monoisotopic (exact) mass is 464 g/mol. The highest BCUT2D eigenvalue weighted by Crippen LogP contribution is 2.17. The Morgan fingerprint density at radius 1 is 0.576 bits per heavy atom. The Hall–Kier alpha value is -4.16. The van der Waals surface area contributed by atoms with E-state index in [1.165, 1.54) is 0 Å². The van der Waals surface area contributed by atoms with Crippen LogP contribution in [0.15, 0.2) is 109 Å². The summed E-state index contributed by atoms with van der Waals surface area (Å²) in [6.45, 7) is 1.08. The van der Waals surface area contributed by atoms with Crippen LogP contribution in [-0.4, -0.2) is 11.1 Å². The quantitative estimate of drug-likeness (QED) is 0.219. The molecule has 0 unspecified atom stereocenters. The first kappa shape index (κ1) is 26.9. The first-order valence-corrected chi connectivity index (χ1v) is 9.97. The summed E-state index contributed by atoms with van der Waals surface area (Å²) < 4.78 is 0. The van der Waals surface area contributed by atoms with Crippen LogP contribution in [0.25, 0.3) is 0 Å². The molecule has 6 nitrogen and oxygen atoms in total. The molecule has 0 aliphatic rings. The molecule has 33 heavy (non-hydrogen) atoms. The fourth-order valence-electron chi connectivity index (χ4n) is 2.51. The molecule has 172 valence electrons. The molecule has 4 rings (SSSR count). The summed E-state index contributed by atoms with van der Waals surface area (Å²) in [5.74, 6) is -0.833. The molecule has 0 bridgehead atoms. The van der Waals surface area contributed by atoms with E-state index < -0.39 is 5.97 Å². The second-order valence-corrected chi connectivity index (χ2v) is 6.75. The number of carbonyl (C=O) groups is 1. The smallest absolute Gasteiger partial charge is 0.300 e. The van der Waals surface area contributed by atoms with E-state index in [4.69, 9.17) is 21.4 Å². The Bertz CT molecular complexity index is 972. The third-order valence-electron chi connectivity index (χ3n) is 3.95. The molecule has 7 heteroatoms. The van der Waals surface area contributed by atoms with Gasteiger partial charge in [0.2, 0.25) is 0 Å². The Morgan fingerprint density at radius 2 is 0.818 bits per heavy atom. The molecule has 0 radical (unpaired) electrons. The molecule has 0 heterocycles. The van der Waals surface area contributed by atoms with Gasteiger partial charge in [0.1, 0.15) is 0 Å². The predicted molar refractivity (Wildman–Crippen MR) is 142 cm³/mol. The Labute approximate surface area is 200 Å². The zero-order valence-corrected chi connectivity index (χ0v) is 19.1. The number of aliphatic carboxylic acids is 1. The number of rotatable bonds is 4. The molecule has 0 aliphatic carbocycles. The molecular weight excluding hydrogens is 436 g/mol. The molecular formula is C26H29ClN4O2. The van der Waals surface area contributed by atoms with E-state index in [1.54, 1.807) is 0 Å². The zero-order chi connectivity index (χ0) is 23.2. The highest BCUT2D eigenvalue weighted by molar-refractivity contribution is 5.85. The predicted octanol–water partition coefficient (Wildman–Crippen LogP) is 6.54. The third kappa shape index (κ3) is 11.7. The summed E-state index contributed by atoms with van der Waals surface area (Å²) >= 11 is 0. The normalized spacial score (nSPS) is 9.00. The highest BCUT2D eigenvalue weighted by atomic mass is 35.5. The summed E-state index contributed by atoms with van der Waals surface area (Å²) in [6.07, 6.45) is 0. The summed E-state index contributed by atoms with van der Waals surface area (Å²) in [4.78, 5) is 9.00. The van der Waals surface area contributed by atoms with E-state index in [0.717, 1.165) is 41.0 Å². The minimum absolute atomic E-state index is 0. The van der Waals surface area contributed by atoms with Gasteiger partial charge in [0.25, 0.3) is 5.97 Å². The lowest BCUT2D eigenvalue weighted by Crippen LogP contribution is -1.90. The maximum Gasteiger partial charge on any atom is 0.300 e.